The molecular formula is C20H29N3O4. The molecule has 0 radical (unpaired) electrons. The second-order valence-electron chi connectivity index (χ2n) is 7.91. The first-order valence-corrected chi connectivity index (χ1v) is 9.50. The van der Waals surface area contributed by atoms with Crippen molar-refractivity contribution in [3.63, 3.8) is 0 Å². The van der Waals surface area contributed by atoms with E-state index in [-0.39, 0.29) is 18.0 Å². The van der Waals surface area contributed by atoms with Crippen LogP contribution in [-0.2, 0) is 4.74 Å². The van der Waals surface area contributed by atoms with Crippen molar-refractivity contribution < 1.29 is 19.1 Å². The third-order valence-electron chi connectivity index (χ3n) is 4.94. The fraction of sp³-hybridized carbons (Fsp3) is 0.600. The van der Waals surface area contributed by atoms with E-state index >= 15 is 0 Å². The summed E-state index contributed by atoms with van der Waals surface area (Å²) in [7, 11) is 1.55. The largest absolute Gasteiger partial charge is 0.495 e. The van der Waals surface area contributed by atoms with Crippen LogP contribution in [0.1, 0.15) is 44.0 Å². The number of hydrogen-bond acceptors (Lipinski definition) is 4. The van der Waals surface area contributed by atoms with Crippen LogP contribution < -0.4 is 10.1 Å². The van der Waals surface area contributed by atoms with Gasteiger partial charge in [0.2, 0.25) is 0 Å². The highest BCUT2D eigenvalue weighted by molar-refractivity contribution is 5.98. The summed E-state index contributed by atoms with van der Waals surface area (Å²) in [5.74, 6) is 0.522. The summed E-state index contributed by atoms with van der Waals surface area (Å²) in [5, 5.41) is 2.91. The summed E-state index contributed by atoms with van der Waals surface area (Å²) < 4.78 is 11.2. The summed E-state index contributed by atoms with van der Waals surface area (Å²) >= 11 is 0. The van der Waals surface area contributed by atoms with E-state index < -0.39 is 5.60 Å². The smallest absolute Gasteiger partial charge is 0.322 e. The van der Waals surface area contributed by atoms with Crippen molar-refractivity contribution >= 4 is 17.6 Å². The van der Waals surface area contributed by atoms with Gasteiger partial charge >= 0.3 is 6.03 Å². The van der Waals surface area contributed by atoms with E-state index in [1.165, 1.54) is 0 Å². The number of benzene rings is 1. The third-order valence-corrected chi connectivity index (χ3v) is 4.94. The maximum absolute atomic E-state index is 12.8. The van der Waals surface area contributed by atoms with E-state index in [4.69, 9.17) is 9.47 Å². The van der Waals surface area contributed by atoms with Crippen molar-refractivity contribution in [2.24, 2.45) is 0 Å². The third kappa shape index (κ3) is 4.53. The second kappa shape index (κ2) is 7.76. The fourth-order valence-electron chi connectivity index (χ4n) is 3.84. The molecule has 148 valence electrons. The van der Waals surface area contributed by atoms with Gasteiger partial charge in [-0.3, -0.25) is 4.79 Å². The van der Waals surface area contributed by atoms with Crippen LogP contribution in [0.15, 0.2) is 18.2 Å². The summed E-state index contributed by atoms with van der Waals surface area (Å²) in [5.41, 5.74) is 0.667. The van der Waals surface area contributed by atoms with Crippen LogP contribution in [0, 0.1) is 0 Å². The number of anilines is 1. The molecule has 3 amide bonds. The topological polar surface area (TPSA) is 71.1 Å². The SMILES string of the molecule is COc1ccc(C(=O)N2CCCC2)cc1NC(=O)N1CC(C)OC(C)(C)C1. The monoisotopic (exact) mass is 375 g/mol. The molecule has 0 aromatic heterocycles. The molecule has 0 saturated carbocycles. The lowest BCUT2D eigenvalue weighted by Crippen LogP contribution is -2.54. The van der Waals surface area contributed by atoms with Gasteiger partial charge in [0, 0.05) is 25.2 Å². The van der Waals surface area contributed by atoms with Gasteiger partial charge in [-0.25, -0.2) is 4.79 Å². The number of amides is 3. The Kier molecular flexibility index (Phi) is 5.60. The number of urea groups is 1. The average molecular weight is 375 g/mol. The molecule has 7 nitrogen and oxygen atoms in total. The molecule has 1 N–H and O–H groups in total. The van der Waals surface area contributed by atoms with Crippen LogP contribution in [0.25, 0.3) is 0 Å². The van der Waals surface area contributed by atoms with Crippen molar-refractivity contribution in [1.29, 1.82) is 0 Å². The van der Waals surface area contributed by atoms with Gasteiger partial charge in [-0.1, -0.05) is 0 Å². The molecule has 0 spiro atoms. The molecule has 2 heterocycles. The minimum absolute atomic E-state index is 0.00761. The highest BCUT2D eigenvalue weighted by Gasteiger charge is 2.34. The van der Waals surface area contributed by atoms with Crippen LogP contribution in [0.2, 0.25) is 0 Å². The highest BCUT2D eigenvalue weighted by Crippen LogP contribution is 2.28. The predicted molar refractivity (Wildman–Crippen MR) is 103 cm³/mol. The maximum atomic E-state index is 12.8. The number of carbonyl (C=O) groups is 2. The molecule has 27 heavy (non-hydrogen) atoms. The van der Waals surface area contributed by atoms with E-state index in [1.54, 1.807) is 30.2 Å². The van der Waals surface area contributed by atoms with Crippen LogP contribution in [-0.4, -0.2) is 66.7 Å². The van der Waals surface area contributed by atoms with E-state index in [2.05, 4.69) is 5.32 Å². The number of rotatable bonds is 3. The predicted octanol–water partition coefficient (Wildman–Crippen LogP) is 2.96. The Labute approximate surface area is 160 Å². The van der Waals surface area contributed by atoms with E-state index in [0.29, 0.717) is 30.1 Å². The minimum Gasteiger partial charge on any atom is -0.495 e. The van der Waals surface area contributed by atoms with Gasteiger partial charge in [0.25, 0.3) is 5.91 Å². The number of morpholine rings is 1. The molecule has 1 aromatic rings. The van der Waals surface area contributed by atoms with Crippen molar-refractivity contribution in [1.82, 2.24) is 9.80 Å². The van der Waals surface area contributed by atoms with Gasteiger partial charge in [0.15, 0.2) is 0 Å². The van der Waals surface area contributed by atoms with Gasteiger partial charge in [0.1, 0.15) is 5.75 Å². The Bertz CT molecular complexity index is 713. The van der Waals surface area contributed by atoms with Gasteiger partial charge in [-0.05, 0) is 51.8 Å². The van der Waals surface area contributed by atoms with E-state index in [9.17, 15) is 9.59 Å². The van der Waals surface area contributed by atoms with Crippen LogP contribution in [0.3, 0.4) is 0 Å². The zero-order chi connectivity index (χ0) is 19.6. The van der Waals surface area contributed by atoms with Crippen molar-refractivity contribution in [3.8, 4) is 5.75 Å². The lowest BCUT2D eigenvalue weighted by Gasteiger charge is -2.41. The summed E-state index contributed by atoms with van der Waals surface area (Å²) in [4.78, 5) is 29.1. The zero-order valence-corrected chi connectivity index (χ0v) is 16.6. The molecule has 7 heteroatoms. The molecule has 1 atom stereocenters. The Morgan fingerprint density at radius 3 is 2.56 bits per heavy atom. The van der Waals surface area contributed by atoms with E-state index in [1.807, 2.05) is 25.7 Å². The standard InChI is InChI=1S/C20H29N3O4/c1-14-12-23(13-20(2,3)27-14)19(25)21-16-11-15(7-8-17(16)26-4)18(24)22-9-5-6-10-22/h7-8,11,14H,5-6,9-10,12-13H2,1-4H3,(H,21,25). The van der Waals surface area contributed by atoms with E-state index in [0.717, 1.165) is 25.9 Å². The molecule has 1 aromatic carbocycles. The van der Waals surface area contributed by atoms with Gasteiger partial charge < -0.3 is 24.6 Å². The second-order valence-corrected chi connectivity index (χ2v) is 7.91. The molecular weight excluding hydrogens is 346 g/mol. The van der Waals surface area contributed by atoms with Crippen LogP contribution >= 0.6 is 0 Å². The Hall–Kier alpha value is -2.28. The van der Waals surface area contributed by atoms with Gasteiger partial charge in [-0.2, -0.15) is 0 Å². The molecule has 2 aliphatic rings. The fourth-order valence-corrected chi connectivity index (χ4v) is 3.84. The maximum Gasteiger partial charge on any atom is 0.322 e. The molecule has 0 aliphatic carbocycles. The number of hydrogen-bond donors (Lipinski definition) is 1. The molecule has 2 fully saturated rings. The summed E-state index contributed by atoms with van der Waals surface area (Å²) in [6, 6.07) is 4.95. The van der Waals surface area contributed by atoms with Gasteiger partial charge in [-0.15, -0.1) is 0 Å². The average Bonchev–Trinajstić information content (AvgIpc) is 3.14. The highest BCUT2D eigenvalue weighted by atomic mass is 16.5. The first-order valence-electron chi connectivity index (χ1n) is 9.50. The number of nitrogens with zero attached hydrogens (tertiary/aromatic N) is 2. The lowest BCUT2D eigenvalue weighted by atomic mass is 10.1. The number of carbonyl (C=O) groups excluding carboxylic acids is 2. The molecule has 1 unspecified atom stereocenters. The number of likely N-dealkylation sites (tertiary alicyclic amines) is 1. The Morgan fingerprint density at radius 2 is 1.93 bits per heavy atom. The van der Waals surface area contributed by atoms with Crippen molar-refractivity contribution in [2.75, 3.05) is 38.6 Å². The number of nitrogens with one attached hydrogen (secondary N) is 1. The Balaban J connectivity index is 1.77. The first-order chi connectivity index (χ1) is 12.8. The molecule has 0 bridgehead atoms. The summed E-state index contributed by atoms with van der Waals surface area (Å²) in [6.07, 6.45) is 2.04. The number of ether oxygens (including phenoxy) is 2. The quantitative estimate of drug-likeness (QED) is 0.882. The van der Waals surface area contributed by atoms with Crippen LogP contribution in [0.4, 0.5) is 10.5 Å². The summed E-state index contributed by atoms with van der Waals surface area (Å²) in [6.45, 7) is 8.48. The zero-order valence-electron chi connectivity index (χ0n) is 16.6. The minimum atomic E-state index is -0.396. The molecule has 3 rings (SSSR count). The molecule has 2 saturated heterocycles. The lowest BCUT2D eigenvalue weighted by molar-refractivity contribution is -0.116. The van der Waals surface area contributed by atoms with Crippen molar-refractivity contribution in [3.05, 3.63) is 23.8 Å². The van der Waals surface area contributed by atoms with Crippen molar-refractivity contribution in [2.45, 2.75) is 45.3 Å². The number of methoxy groups -OCH3 is 1. The first kappa shape index (κ1) is 19.5. The van der Waals surface area contributed by atoms with Crippen LogP contribution in [0.5, 0.6) is 5.75 Å². The normalized spacial score (nSPS) is 21.9. The van der Waals surface area contributed by atoms with Gasteiger partial charge in [0.05, 0.1) is 31.0 Å². The molecule has 2 aliphatic heterocycles. The Morgan fingerprint density at radius 1 is 1.22 bits per heavy atom.